The van der Waals surface area contributed by atoms with Gasteiger partial charge >= 0.3 is 0 Å². The molecule has 0 bridgehead atoms. The highest BCUT2D eigenvalue weighted by molar-refractivity contribution is 7.71. The molecule has 0 aliphatic carbocycles. The van der Waals surface area contributed by atoms with Gasteiger partial charge in [0.25, 0.3) is 0 Å². The maximum atomic E-state index is 13.8. The fourth-order valence-electron chi connectivity index (χ4n) is 2.31. The van der Waals surface area contributed by atoms with Crippen LogP contribution < -0.4 is 9.47 Å². The van der Waals surface area contributed by atoms with Crippen molar-refractivity contribution in [1.82, 2.24) is 14.9 Å². The van der Waals surface area contributed by atoms with Crippen LogP contribution in [0.5, 0.6) is 11.5 Å². The van der Waals surface area contributed by atoms with Crippen molar-refractivity contribution in [3.8, 4) is 22.9 Å². The van der Waals surface area contributed by atoms with Crippen LogP contribution >= 0.6 is 12.2 Å². The largest absolute Gasteiger partial charge is 0.493 e. The van der Waals surface area contributed by atoms with Crippen LogP contribution in [0, 0.1) is 16.4 Å². The van der Waals surface area contributed by atoms with Gasteiger partial charge in [0.05, 0.1) is 26.0 Å². The summed E-state index contributed by atoms with van der Waals surface area (Å²) in [6.45, 7) is 0. The van der Waals surface area contributed by atoms with E-state index in [9.17, 15) is 8.78 Å². The minimum Gasteiger partial charge on any atom is -0.493 e. The van der Waals surface area contributed by atoms with E-state index in [-0.39, 0.29) is 10.3 Å². The Hall–Kier alpha value is -3.07. The second-order valence-electron chi connectivity index (χ2n) is 5.11. The Morgan fingerprint density at radius 2 is 1.81 bits per heavy atom. The molecule has 0 spiro atoms. The lowest BCUT2D eigenvalue weighted by atomic mass is 10.2. The summed E-state index contributed by atoms with van der Waals surface area (Å²) in [6.07, 6.45) is 1.06. The molecule has 0 unspecified atom stereocenters. The van der Waals surface area contributed by atoms with Gasteiger partial charge in [-0.3, -0.25) is 0 Å². The molecular weight excluding hydrogens is 362 g/mol. The number of benzene rings is 2. The molecule has 0 saturated heterocycles. The number of ether oxygens (including phenoxy) is 2. The van der Waals surface area contributed by atoms with Crippen molar-refractivity contribution in [2.45, 2.75) is 0 Å². The van der Waals surface area contributed by atoms with Crippen LogP contribution in [0.3, 0.4) is 0 Å². The summed E-state index contributed by atoms with van der Waals surface area (Å²) < 4.78 is 39.4. The fourth-order valence-corrected chi connectivity index (χ4v) is 2.49. The van der Waals surface area contributed by atoms with E-state index in [2.05, 4.69) is 15.3 Å². The summed E-state index contributed by atoms with van der Waals surface area (Å²) in [7, 11) is 3.04. The maximum Gasteiger partial charge on any atom is 0.216 e. The molecule has 1 heterocycles. The molecule has 26 heavy (non-hydrogen) atoms. The minimum absolute atomic E-state index is 0.169. The van der Waals surface area contributed by atoms with Crippen LogP contribution in [0.4, 0.5) is 8.78 Å². The first-order valence-corrected chi connectivity index (χ1v) is 7.84. The van der Waals surface area contributed by atoms with Gasteiger partial charge in [-0.2, -0.15) is 14.9 Å². The zero-order chi connectivity index (χ0) is 18.7. The smallest absolute Gasteiger partial charge is 0.216 e. The number of nitrogens with zero attached hydrogens (tertiary/aromatic N) is 3. The molecule has 6 nitrogen and oxygen atoms in total. The summed E-state index contributed by atoms with van der Waals surface area (Å²) in [5, 5.41) is 10.8. The van der Waals surface area contributed by atoms with E-state index in [4.69, 9.17) is 21.7 Å². The molecule has 0 radical (unpaired) electrons. The highest BCUT2D eigenvalue weighted by atomic mass is 32.1. The molecular formula is C17H14F2N4O2S. The van der Waals surface area contributed by atoms with Gasteiger partial charge in [0, 0.05) is 5.56 Å². The number of nitrogens with one attached hydrogen (secondary N) is 1. The van der Waals surface area contributed by atoms with E-state index in [1.807, 2.05) is 0 Å². The van der Waals surface area contributed by atoms with Crippen molar-refractivity contribution in [2.24, 2.45) is 5.10 Å². The Kier molecular flexibility index (Phi) is 5.08. The molecule has 0 aliphatic heterocycles. The maximum absolute atomic E-state index is 13.8. The van der Waals surface area contributed by atoms with E-state index in [1.165, 1.54) is 25.0 Å². The molecule has 0 atom stereocenters. The van der Waals surface area contributed by atoms with E-state index in [0.717, 1.165) is 18.3 Å². The number of hydrogen-bond acceptors (Lipinski definition) is 5. The Morgan fingerprint density at radius 1 is 1.12 bits per heavy atom. The second kappa shape index (κ2) is 7.44. The molecule has 3 aromatic rings. The van der Waals surface area contributed by atoms with Gasteiger partial charge in [0.15, 0.2) is 17.3 Å². The number of halogens is 2. The van der Waals surface area contributed by atoms with Crippen LogP contribution in [0.15, 0.2) is 41.5 Å². The summed E-state index contributed by atoms with van der Waals surface area (Å²) >= 11 is 5.15. The predicted molar refractivity (Wildman–Crippen MR) is 95.3 cm³/mol. The first-order chi connectivity index (χ1) is 12.5. The Bertz CT molecular complexity index is 1010. The monoisotopic (exact) mass is 376 g/mol. The second-order valence-corrected chi connectivity index (χ2v) is 5.50. The van der Waals surface area contributed by atoms with E-state index in [0.29, 0.717) is 22.9 Å². The van der Waals surface area contributed by atoms with Crippen molar-refractivity contribution in [1.29, 1.82) is 0 Å². The van der Waals surface area contributed by atoms with Crippen molar-refractivity contribution < 1.29 is 18.3 Å². The molecule has 0 aliphatic rings. The van der Waals surface area contributed by atoms with Crippen molar-refractivity contribution >= 4 is 18.4 Å². The third-order valence-corrected chi connectivity index (χ3v) is 3.86. The quantitative estimate of drug-likeness (QED) is 0.544. The molecule has 3 rings (SSSR count). The zero-order valence-electron chi connectivity index (χ0n) is 13.9. The molecule has 2 aromatic carbocycles. The van der Waals surface area contributed by atoms with Gasteiger partial charge in [-0.25, -0.2) is 13.9 Å². The summed E-state index contributed by atoms with van der Waals surface area (Å²) in [5.74, 6) is -0.0553. The van der Waals surface area contributed by atoms with Crippen LogP contribution in [-0.2, 0) is 0 Å². The predicted octanol–water partition coefficient (Wildman–Crippen LogP) is 3.79. The Balaban J connectivity index is 2.05. The van der Waals surface area contributed by atoms with Gasteiger partial charge in [-0.05, 0) is 42.5 Å². The van der Waals surface area contributed by atoms with Crippen LogP contribution in [0.25, 0.3) is 11.4 Å². The van der Waals surface area contributed by atoms with Crippen LogP contribution in [-0.4, -0.2) is 35.3 Å². The molecule has 0 saturated carbocycles. The molecule has 134 valence electrons. The average molecular weight is 376 g/mol. The lowest BCUT2D eigenvalue weighted by Crippen LogP contribution is -1.99. The standard InChI is InChI=1S/C17H14F2N4O2S/c1-24-14-7-6-10(8-15(14)25-2)16-21-22-17(26)23(16)20-9-11-12(18)4-3-5-13(11)19/h3-9H,1-2H3,(H,22,26). The zero-order valence-corrected chi connectivity index (χ0v) is 14.7. The van der Waals surface area contributed by atoms with E-state index < -0.39 is 11.6 Å². The summed E-state index contributed by atoms with van der Waals surface area (Å²) in [6, 6.07) is 8.71. The summed E-state index contributed by atoms with van der Waals surface area (Å²) in [5.41, 5.74) is 0.356. The number of hydrogen-bond donors (Lipinski definition) is 1. The van der Waals surface area contributed by atoms with E-state index >= 15 is 0 Å². The lowest BCUT2D eigenvalue weighted by molar-refractivity contribution is 0.355. The van der Waals surface area contributed by atoms with Crippen LogP contribution in [0.2, 0.25) is 0 Å². The van der Waals surface area contributed by atoms with E-state index in [1.54, 1.807) is 18.2 Å². The number of aromatic nitrogens is 3. The van der Waals surface area contributed by atoms with Gasteiger partial charge in [-0.15, -0.1) is 0 Å². The van der Waals surface area contributed by atoms with Crippen LogP contribution in [0.1, 0.15) is 5.56 Å². The Labute approximate surface area is 152 Å². The molecule has 1 aromatic heterocycles. The third-order valence-electron chi connectivity index (χ3n) is 3.59. The van der Waals surface area contributed by atoms with Gasteiger partial charge in [0.1, 0.15) is 11.6 Å². The minimum atomic E-state index is -0.726. The fraction of sp³-hybridized carbons (Fsp3) is 0.118. The van der Waals surface area contributed by atoms with Gasteiger partial charge < -0.3 is 9.47 Å². The van der Waals surface area contributed by atoms with Crippen molar-refractivity contribution in [3.63, 3.8) is 0 Å². The first kappa shape index (κ1) is 17.7. The molecule has 0 amide bonds. The normalized spacial score (nSPS) is 11.1. The Morgan fingerprint density at radius 3 is 2.46 bits per heavy atom. The number of H-pyrrole nitrogens is 1. The SMILES string of the molecule is COc1ccc(-c2n[nH]c(=S)n2N=Cc2c(F)cccc2F)cc1OC. The van der Waals surface area contributed by atoms with Gasteiger partial charge in [0.2, 0.25) is 4.77 Å². The molecule has 0 fully saturated rings. The first-order valence-electron chi connectivity index (χ1n) is 7.43. The molecule has 9 heteroatoms. The van der Waals surface area contributed by atoms with Crippen molar-refractivity contribution in [2.75, 3.05) is 14.2 Å². The number of aromatic amines is 1. The third kappa shape index (κ3) is 3.33. The van der Waals surface area contributed by atoms with Gasteiger partial charge in [-0.1, -0.05) is 6.07 Å². The number of methoxy groups -OCH3 is 2. The molecule has 1 N–H and O–H groups in total. The highest BCUT2D eigenvalue weighted by Crippen LogP contribution is 2.31. The topological polar surface area (TPSA) is 64.4 Å². The number of rotatable bonds is 5. The lowest BCUT2D eigenvalue weighted by Gasteiger charge is -2.09. The average Bonchev–Trinajstić information content (AvgIpc) is 3.01. The highest BCUT2D eigenvalue weighted by Gasteiger charge is 2.13. The summed E-state index contributed by atoms with van der Waals surface area (Å²) in [4.78, 5) is 0. The van der Waals surface area contributed by atoms with Crippen molar-refractivity contribution in [3.05, 3.63) is 58.4 Å².